The lowest BCUT2D eigenvalue weighted by molar-refractivity contribution is -0.384. The quantitative estimate of drug-likeness (QED) is 0.641. The van der Waals surface area contributed by atoms with Gasteiger partial charge in [-0.05, 0) is 38.6 Å². The van der Waals surface area contributed by atoms with Crippen molar-refractivity contribution in [1.82, 2.24) is 9.78 Å². The van der Waals surface area contributed by atoms with Crippen molar-refractivity contribution in [1.29, 1.82) is 0 Å². The van der Waals surface area contributed by atoms with Gasteiger partial charge < -0.3 is 10.6 Å². The summed E-state index contributed by atoms with van der Waals surface area (Å²) in [5, 5.41) is 15.8. The maximum absolute atomic E-state index is 11.4. The van der Waals surface area contributed by atoms with E-state index in [0.717, 1.165) is 25.7 Å². The van der Waals surface area contributed by atoms with E-state index in [-0.39, 0.29) is 16.7 Å². The van der Waals surface area contributed by atoms with E-state index in [9.17, 15) is 10.1 Å². The fourth-order valence-corrected chi connectivity index (χ4v) is 3.45. The predicted octanol–water partition coefficient (Wildman–Crippen LogP) is 2.07. The van der Waals surface area contributed by atoms with Crippen LogP contribution in [-0.2, 0) is 6.54 Å². The van der Waals surface area contributed by atoms with Gasteiger partial charge in [0.25, 0.3) is 0 Å². The van der Waals surface area contributed by atoms with Gasteiger partial charge in [-0.15, -0.1) is 0 Å². The summed E-state index contributed by atoms with van der Waals surface area (Å²) in [5.41, 5.74) is 6.47. The highest BCUT2D eigenvalue weighted by atomic mass is 16.6. The van der Waals surface area contributed by atoms with Gasteiger partial charge in [0.2, 0.25) is 5.82 Å². The molecule has 2 atom stereocenters. The van der Waals surface area contributed by atoms with E-state index in [1.807, 2.05) is 18.9 Å². The molecule has 118 valence electrons. The van der Waals surface area contributed by atoms with Gasteiger partial charge in [-0.1, -0.05) is 13.3 Å². The average molecular weight is 295 g/mol. The summed E-state index contributed by atoms with van der Waals surface area (Å²) >= 11 is 0. The normalized spacial score (nSPS) is 21.7. The van der Waals surface area contributed by atoms with E-state index >= 15 is 0 Å². The first-order valence-electron chi connectivity index (χ1n) is 7.65. The van der Waals surface area contributed by atoms with Crippen LogP contribution in [0.1, 0.15) is 38.3 Å². The maximum atomic E-state index is 11.4. The van der Waals surface area contributed by atoms with Crippen molar-refractivity contribution < 1.29 is 4.92 Å². The van der Waals surface area contributed by atoms with Crippen molar-refractivity contribution in [3.05, 3.63) is 15.8 Å². The van der Waals surface area contributed by atoms with E-state index in [2.05, 4.69) is 5.10 Å². The van der Waals surface area contributed by atoms with Crippen molar-refractivity contribution in [3.63, 3.8) is 0 Å². The molecule has 0 spiro atoms. The number of nitrogens with two attached hydrogens (primary N) is 1. The highest BCUT2D eigenvalue weighted by Gasteiger charge is 2.36. The molecule has 0 aliphatic heterocycles. The lowest BCUT2D eigenvalue weighted by Crippen LogP contribution is -2.39. The van der Waals surface area contributed by atoms with Crippen LogP contribution in [0.25, 0.3) is 0 Å². The zero-order valence-corrected chi connectivity index (χ0v) is 13.1. The standard InChI is InChI=1S/C14H25N5O2/c1-4-8-18-14(13(19(20)21)10(2)16-18)17(3)12-7-5-6-11(12)9-15/h11-12H,4-9,15H2,1-3H3. The van der Waals surface area contributed by atoms with Crippen LogP contribution in [0.2, 0.25) is 0 Å². The molecule has 1 heterocycles. The second kappa shape index (κ2) is 6.43. The van der Waals surface area contributed by atoms with Crippen LogP contribution in [0.5, 0.6) is 0 Å². The van der Waals surface area contributed by atoms with Crippen molar-refractivity contribution >= 4 is 11.5 Å². The summed E-state index contributed by atoms with van der Waals surface area (Å²) in [4.78, 5) is 13.2. The number of nitrogens with zero attached hydrogens (tertiary/aromatic N) is 4. The molecule has 0 saturated heterocycles. The number of aromatic nitrogens is 2. The van der Waals surface area contributed by atoms with Gasteiger partial charge in [0.1, 0.15) is 5.69 Å². The molecular formula is C14H25N5O2. The molecule has 2 rings (SSSR count). The number of rotatable bonds is 6. The Morgan fingerprint density at radius 3 is 2.81 bits per heavy atom. The van der Waals surface area contributed by atoms with Crippen LogP contribution in [0.3, 0.4) is 0 Å². The zero-order valence-electron chi connectivity index (χ0n) is 13.1. The van der Waals surface area contributed by atoms with Crippen molar-refractivity contribution in [2.45, 2.75) is 52.1 Å². The lowest BCUT2D eigenvalue weighted by Gasteiger charge is -2.30. The third-order valence-corrected chi connectivity index (χ3v) is 4.44. The molecule has 0 amide bonds. The summed E-state index contributed by atoms with van der Waals surface area (Å²) < 4.78 is 1.78. The van der Waals surface area contributed by atoms with Gasteiger partial charge in [0, 0.05) is 19.6 Å². The molecule has 0 bridgehead atoms. The van der Waals surface area contributed by atoms with Gasteiger partial charge in [0.05, 0.1) is 4.92 Å². The summed E-state index contributed by atoms with van der Waals surface area (Å²) in [7, 11) is 1.94. The molecule has 1 aromatic rings. The highest BCUT2D eigenvalue weighted by Crippen LogP contribution is 2.37. The smallest absolute Gasteiger partial charge is 0.333 e. The van der Waals surface area contributed by atoms with E-state index in [0.29, 0.717) is 30.5 Å². The fourth-order valence-electron chi connectivity index (χ4n) is 3.45. The van der Waals surface area contributed by atoms with Crippen LogP contribution < -0.4 is 10.6 Å². The summed E-state index contributed by atoms with van der Waals surface area (Å²) in [6.07, 6.45) is 4.15. The first kappa shape index (κ1) is 15.8. The van der Waals surface area contributed by atoms with E-state index in [4.69, 9.17) is 5.73 Å². The molecule has 2 unspecified atom stereocenters. The first-order chi connectivity index (χ1) is 10.0. The van der Waals surface area contributed by atoms with Gasteiger partial charge in [0.15, 0.2) is 0 Å². The Labute approximate surface area is 125 Å². The molecule has 1 saturated carbocycles. The van der Waals surface area contributed by atoms with Crippen LogP contribution in [-0.4, -0.2) is 34.3 Å². The monoisotopic (exact) mass is 295 g/mol. The Kier molecular flexibility index (Phi) is 4.82. The zero-order chi connectivity index (χ0) is 15.6. The predicted molar refractivity (Wildman–Crippen MR) is 82.5 cm³/mol. The summed E-state index contributed by atoms with van der Waals surface area (Å²) in [5.74, 6) is 1.03. The Balaban J connectivity index is 2.42. The van der Waals surface area contributed by atoms with E-state index in [1.54, 1.807) is 11.6 Å². The molecule has 1 aliphatic rings. The minimum atomic E-state index is -0.313. The van der Waals surface area contributed by atoms with Crippen molar-refractivity contribution in [2.75, 3.05) is 18.5 Å². The SMILES string of the molecule is CCCn1nc(C)c([N+](=O)[O-])c1N(C)C1CCCC1CN. The van der Waals surface area contributed by atoms with Crippen molar-refractivity contribution in [2.24, 2.45) is 11.7 Å². The van der Waals surface area contributed by atoms with Gasteiger partial charge in [-0.2, -0.15) is 5.10 Å². The Hall–Kier alpha value is -1.63. The molecule has 1 fully saturated rings. The molecule has 7 nitrogen and oxygen atoms in total. The van der Waals surface area contributed by atoms with Crippen LogP contribution in [0.15, 0.2) is 0 Å². The molecule has 1 aromatic heterocycles. The van der Waals surface area contributed by atoms with Gasteiger partial charge >= 0.3 is 5.69 Å². The lowest BCUT2D eigenvalue weighted by atomic mass is 10.0. The minimum absolute atomic E-state index is 0.133. The topological polar surface area (TPSA) is 90.2 Å². The second-order valence-electron chi connectivity index (χ2n) is 5.84. The third kappa shape index (κ3) is 2.88. The first-order valence-corrected chi connectivity index (χ1v) is 7.65. The molecular weight excluding hydrogens is 270 g/mol. The molecule has 0 aromatic carbocycles. The van der Waals surface area contributed by atoms with Gasteiger partial charge in [-0.25, -0.2) is 4.68 Å². The molecule has 7 heteroatoms. The van der Waals surface area contributed by atoms with E-state index < -0.39 is 0 Å². The number of anilines is 1. The molecule has 21 heavy (non-hydrogen) atoms. The molecule has 1 aliphatic carbocycles. The fraction of sp³-hybridized carbons (Fsp3) is 0.786. The molecule has 0 radical (unpaired) electrons. The Morgan fingerprint density at radius 1 is 1.52 bits per heavy atom. The Morgan fingerprint density at radius 2 is 2.24 bits per heavy atom. The average Bonchev–Trinajstić information content (AvgIpc) is 3.02. The van der Waals surface area contributed by atoms with Gasteiger partial charge in [-0.3, -0.25) is 10.1 Å². The third-order valence-electron chi connectivity index (χ3n) is 4.44. The largest absolute Gasteiger partial charge is 0.351 e. The van der Waals surface area contributed by atoms with Crippen LogP contribution >= 0.6 is 0 Å². The number of aryl methyl sites for hydroxylation is 2. The van der Waals surface area contributed by atoms with E-state index in [1.165, 1.54) is 0 Å². The van der Waals surface area contributed by atoms with Crippen LogP contribution in [0, 0.1) is 23.0 Å². The number of hydrogen-bond donors (Lipinski definition) is 1. The summed E-state index contributed by atoms with van der Waals surface area (Å²) in [6, 6.07) is 0.264. The second-order valence-corrected chi connectivity index (χ2v) is 5.84. The highest BCUT2D eigenvalue weighted by molar-refractivity contribution is 5.61. The van der Waals surface area contributed by atoms with Crippen molar-refractivity contribution in [3.8, 4) is 0 Å². The maximum Gasteiger partial charge on any atom is 0.333 e. The van der Waals surface area contributed by atoms with Crippen LogP contribution in [0.4, 0.5) is 11.5 Å². The Bertz CT molecular complexity index is 514. The summed E-state index contributed by atoms with van der Waals surface area (Å²) in [6.45, 7) is 5.07. The minimum Gasteiger partial charge on any atom is -0.351 e. The number of nitro groups is 1. The molecule has 2 N–H and O–H groups in total. The number of hydrogen-bond acceptors (Lipinski definition) is 5.